The van der Waals surface area contributed by atoms with E-state index in [-0.39, 0.29) is 5.12 Å². The van der Waals surface area contributed by atoms with Crippen LogP contribution in [0, 0.1) is 0 Å². The topological polar surface area (TPSA) is 26.3 Å². The number of rotatable bonds is 4. The van der Waals surface area contributed by atoms with Gasteiger partial charge < -0.3 is 4.74 Å². The van der Waals surface area contributed by atoms with Gasteiger partial charge in [-0.25, -0.2) is 0 Å². The second-order valence-electron chi connectivity index (χ2n) is 3.37. The molecule has 0 saturated heterocycles. The van der Waals surface area contributed by atoms with Crippen molar-refractivity contribution in [3.8, 4) is 14.8 Å². The molecule has 17 heavy (non-hydrogen) atoms. The number of carbonyl (C=O) groups excluding carboxylic acids is 1. The zero-order valence-electron chi connectivity index (χ0n) is 9.56. The zero-order valence-corrected chi connectivity index (χ0v) is 12.0. The lowest BCUT2D eigenvalue weighted by atomic mass is 10.4. The molecule has 90 valence electrons. The van der Waals surface area contributed by atoms with E-state index < -0.39 is 0 Å². The molecule has 2 nitrogen and oxygen atoms in total. The van der Waals surface area contributed by atoms with Crippen LogP contribution in [0.2, 0.25) is 0 Å². The van der Waals surface area contributed by atoms with E-state index in [9.17, 15) is 4.79 Å². The summed E-state index contributed by atoms with van der Waals surface area (Å²) < 4.78 is 5.18. The molecule has 2 aromatic heterocycles. The molecular formula is C12H12O2S3. The van der Waals surface area contributed by atoms with Gasteiger partial charge in [0.15, 0.2) is 10.2 Å². The zero-order chi connectivity index (χ0) is 12.3. The summed E-state index contributed by atoms with van der Waals surface area (Å²) in [6, 6.07) is 8.23. The van der Waals surface area contributed by atoms with E-state index in [1.54, 1.807) is 36.7 Å². The number of thiophene rings is 2. The third kappa shape index (κ3) is 3.34. The first-order chi connectivity index (χ1) is 8.19. The molecule has 0 fully saturated rings. The van der Waals surface area contributed by atoms with E-state index in [0.29, 0.717) is 0 Å². The van der Waals surface area contributed by atoms with Crippen molar-refractivity contribution < 1.29 is 9.53 Å². The second kappa shape index (κ2) is 5.71. The Morgan fingerprint density at radius 2 is 1.94 bits per heavy atom. The molecule has 0 amide bonds. The maximum absolute atomic E-state index is 10.9. The highest BCUT2D eigenvalue weighted by Gasteiger charge is 2.07. The smallest absolute Gasteiger partial charge is 0.186 e. The van der Waals surface area contributed by atoms with Crippen LogP contribution < -0.4 is 4.74 Å². The fourth-order valence-corrected chi connectivity index (χ4v) is 3.89. The van der Waals surface area contributed by atoms with Crippen LogP contribution in [-0.2, 0) is 10.5 Å². The van der Waals surface area contributed by atoms with Crippen molar-refractivity contribution in [1.82, 2.24) is 0 Å². The SMILES string of the molecule is COc1ccc(-c2ccc(CSC(C)=O)s2)s1. The lowest BCUT2D eigenvalue weighted by Gasteiger charge is -1.93. The third-order valence-electron chi connectivity index (χ3n) is 2.10. The molecule has 2 heterocycles. The van der Waals surface area contributed by atoms with Gasteiger partial charge in [-0.05, 0) is 24.3 Å². The van der Waals surface area contributed by atoms with E-state index >= 15 is 0 Å². The quantitative estimate of drug-likeness (QED) is 0.839. The predicted molar refractivity (Wildman–Crippen MR) is 76.2 cm³/mol. The monoisotopic (exact) mass is 284 g/mol. The number of hydrogen-bond donors (Lipinski definition) is 0. The van der Waals surface area contributed by atoms with Crippen molar-refractivity contribution in [2.75, 3.05) is 7.11 Å². The van der Waals surface area contributed by atoms with Gasteiger partial charge >= 0.3 is 0 Å². The number of hydrogen-bond acceptors (Lipinski definition) is 5. The number of ether oxygens (including phenoxy) is 1. The van der Waals surface area contributed by atoms with Crippen LogP contribution in [0.5, 0.6) is 5.06 Å². The lowest BCUT2D eigenvalue weighted by molar-refractivity contribution is -0.109. The summed E-state index contributed by atoms with van der Waals surface area (Å²) in [5.41, 5.74) is 0. The van der Waals surface area contributed by atoms with E-state index in [2.05, 4.69) is 18.2 Å². The fraction of sp³-hybridized carbons (Fsp3) is 0.250. The van der Waals surface area contributed by atoms with E-state index in [1.807, 2.05) is 6.07 Å². The normalized spacial score (nSPS) is 10.5. The van der Waals surface area contributed by atoms with Gasteiger partial charge in [-0.3, -0.25) is 4.79 Å². The largest absolute Gasteiger partial charge is 0.487 e. The van der Waals surface area contributed by atoms with Crippen molar-refractivity contribution in [1.29, 1.82) is 0 Å². The molecule has 0 aliphatic rings. The number of carbonyl (C=O) groups is 1. The first-order valence-electron chi connectivity index (χ1n) is 5.05. The van der Waals surface area contributed by atoms with Crippen molar-refractivity contribution in [2.24, 2.45) is 0 Å². The lowest BCUT2D eigenvalue weighted by Crippen LogP contribution is -1.81. The predicted octanol–water partition coefficient (Wildman–Crippen LogP) is 4.26. The van der Waals surface area contributed by atoms with Crippen molar-refractivity contribution in [3.05, 3.63) is 29.1 Å². The summed E-state index contributed by atoms with van der Waals surface area (Å²) in [6.07, 6.45) is 0. The van der Waals surface area contributed by atoms with Crippen LogP contribution in [0.1, 0.15) is 11.8 Å². The summed E-state index contributed by atoms with van der Waals surface area (Å²) in [7, 11) is 1.68. The van der Waals surface area contributed by atoms with Gasteiger partial charge in [0, 0.05) is 27.3 Å². The van der Waals surface area contributed by atoms with Gasteiger partial charge in [0.1, 0.15) is 0 Å². The first kappa shape index (κ1) is 12.7. The summed E-state index contributed by atoms with van der Waals surface area (Å²) in [4.78, 5) is 14.6. The second-order valence-corrected chi connectivity index (χ2v) is 6.74. The van der Waals surface area contributed by atoms with Gasteiger partial charge in [0.2, 0.25) is 0 Å². The van der Waals surface area contributed by atoms with Crippen LogP contribution >= 0.6 is 34.4 Å². The maximum Gasteiger partial charge on any atom is 0.186 e. The van der Waals surface area contributed by atoms with Crippen molar-refractivity contribution >= 4 is 39.6 Å². The van der Waals surface area contributed by atoms with Gasteiger partial charge in [-0.2, -0.15) is 0 Å². The molecule has 0 spiro atoms. The minimum atomic E-state index is 0.165. The Morgan fingerprint density at radius 3 is 2.59 bits per heavy atom. The Balaban J connectivity index is 2.09. The molecule has 0 aromatic carbocycles. The highest BCUT2D eigenvalue weighted by atomic mass is 32.2. The summed E-state index contributed by atoms with van der Waals surface area (Å²) in [6.45, 7) is 1.60. The number of methoxy groups -OCH3 is 1. The molecule has 2 rings (SSSR count). The van der Waals surface area contributed by atoms with Gasteiger partial charge in [-0.1, -0.05) is 23.1 Å². The summed E-state index contributed by atoms with van der Waals surface area (Å²) >= 11 is 4.72. The molecule has 0 unspecified atom stereocenters. The highest BCUT2D eigenvalue weighted by molar-refractivity contribution is 8.12. The first-order valence-corrected chi connectivity index (χ1v) is 7.67. The molecule has 0 aliphatic heterocycles. The van der Waals surface area contributed by atoms with E-state index in [4.69, 9.17) is 4.74 Å². The molecule has 0 bridgehead atoms. The van der Waals surface area contributed by atoms with E-state index in [1.165, 1.54) is 26.4 Å². The molecule has 0 radical (unpaired) electrons. The summed E-state index contributed by atoms with van der Waals surface area (Å²) in [5.74, 6) is 0.766. The van der Waals surface area contributed by atoms with Crippen LogP contribution in [0.4, 0.5) is 0 Å². The maximum atomic E-state index is 10.9. The van der Waals surface area contributed by atoms with Crippen LogP contribution in [0.25, 0.3) is 9.75 Å². The Bertz CT molecular complexity index is 513. The standard InChI is InChI=1S/C12H12O2S3/c1-8(13)15-7-9-3-4-10(16-9)11-5-6-12(14-2)17-11/h3-6H,7H2,1-2H3. The molecule has 0 saturated carbocycles. The van der Waals surface area contributed by atoms with Crippen molar-refractivity contribution in [3.63, 3.8) is 0 Å². The molecule has 2 aromatic rings. The van der Waals surface area contributed by atoms with Crippen LogP contribution in [-0.4, -0.2) is 12.2 Å². The molecule has 0 atom stereocenters. The summed E-state index contributed by atoms with van der Waals surface area (Å²) in [5, 5.41) is 1.09. The van der Waals surface area contributed by atoms with Crippen LogP contribution in [0.3, 0.4) is 0 Å². The average molecular weight is 284 g/mol. The Kier molecular flexibility index (Phi) is 4.25. The Morgan fingerprint density at radius 1 is 1.24 bits per heavy atom. The molecule has 0 N–H and O–H groups in total. The molecule has 0 aliphatic carbocycles. The minimum Gasteiger partial charge on any atom is -0.487 e. The van der Waals surface area contributed by atoms with Gasteiger partial charge in [-0.15, -0.1) is 11.3 Å². The fourth-order valence-electron chi connectivity index (χ4n) is 1.32. The Hall–Kier alpha value is -0.780. The minimum absolute atomic E-state index is 0.165. The van der Waals surface area contributed by atoms with E-state index in [0.717, 1.165) is 10.8 Å². The van der Waals surface area contributed by atoms with Crippen molar-refractivity contribution in [2.45, 2.75) is 12.7 Å². The van der Waals surface area contributed by atoms with Gasteiger partial charge in [0.05, 0.1) is 7.11 Å². The Labute approximate surface area is 113 Å². The van der Waals surface area contributed by atoms with Crippen LogP contribution in [0.15, 0.2) is 24.3 Å². The third-order valence-corrected chi connectivity index (χ3v) is 5.48. The number of thioether (sulfide) groups is 1. The molecule has 5 heteroatoms. The highest BCUT2D eigenvalue weighted by Crippen LogP contribution is 2.37. The molecular weight excluding hydrogens is 272 g/mol. The average Bonchev–Trinajstić information content (AvgIpc) is 2.94. The van der Waals surface area contributed by atoms with Gasteiger partial charge in [0.25, 0.3) is 0 Å².